The lowest BCUT2D eigenvalue weighted by molar-refractivity contribution is -0.138. The molecule has 0 saturated carbocycles. The molecule has 4 heteroatoms. The molecule has 0 saturated heterocycles. The van der Waals surface area contributed by atoms with E-state index < -0.39 is 5.97 Å². The molecule has 0 spiro atoms. The Kier molecular flexibility index (Phi) is 8.21. The van der Waals surface area contributed by atoms with E-state index in [1.165, 1.54) is 0 Å². The van der Waals surface area contributed by atoms with E-state index in [1.54, 1.807) is 0 Å². The first-order valence-electron chi connectivity index (χ1n) is 5.99. The smallest absolute Gasteiger partial charge is 0.303 e. The molecule has 16 heavy (non-hydrogen) atoms. The van der Waals surface area contributed by atoms with Crippen LogP contribution in [0.1, 0.15) is 40.0 Å². The highest BCUT2D eigenvalue weighted by Crippen LogP contribution is 2.17. The fraction of sp³-hybridized carbons (Fsp3) is 0.917. The number of rotatable bonds is 9. The normalized spacial score (nSPS) is 15.1. The summed E-state index contributed by atoms with van der Waals surface area (Å²) in [5.74, 6) is -0.209. The summed E-state index contributed by atoms with van der Waals surface area (Å²) in [7, 11) is 0. The molecule has 0 heterocycles. The SMILES string of the molecule is CC(C)OCC[C@@H](C)C[C@H](CN)CC(=O)O. The van der Waals surface area contributed by atoms with E-state index in [0.29, 0.717) is 12.5 Å². The van der Waals surface area contributed by atoms with Gasteiger partial charge in [0.1, 0.15) is 0 Å². The van der Waals surface area contributed by atoms with Crippen molar-refractivity contribution in [2.45, 2.75) is 46.1 Å². The van der Waals surface area contributed by atoms with Crippen molar-refractivity contribution in [2.24, 2.45) is 17.6 Å². The van der Waals surface area contributed by atoms with Crippen LogP contribution in [0.4, 0.5) is 0 Å². The Bertz CT molecular complexity index is 195. The minimum Gasteiger partial charge on any atom is -0.481 e. The second-order valence-corrected chi connectivity index (χ2v) is 4.75. The number of hydrogen-bond acceptors (Lipinski definition) is 3. The average molecular weight is 231 g/mol. The van der Waals surface area contributed by atoms with Crippen LogP contribution < -0.4 is 5.73 Å². The number of carboxylic acid groups (broad SMARTS) is 1. The molecule has 4 nitrogen and oxygen atoms in total. The second-order valence-electron chi connectivity index (χ2n) is 4.75. The van der Waals surface area contributed by atoms with Gasteiger partial charge in [-0.1, -0.05) is 6.92 Å². The summed E-state index contributed by atoms with van der Waals surface area (Å²) in [6, 6.07) is 0. The zero-order valence-electron chi connectivity index (χ0n) is 10.6. The van der Waals surface area contributed by atoms with Crippen LogP contribution in [0.15, 0.2) is 0 Å². The molecule has 0 aromatic heterocycles. The van der Waals surface area contributed by atoms with Crippen LogP contribution in [0.25, 0.3) is 0 Å². The van der Waals surface area contributed by atoms with Gasteiger partial charge in [0, 0.05) is 13.0 Å². The van der Waals surface area contributed by atoms with Gasteiger partial charge in [-0.25, -0.2) is 0 Å². The van der Waals surface area contributed by atoms with Crippen LogP contribution in [0.3, 0.4) is 0 Å². The second kappa shape index (κ2) is 8.53. The van der Waals surface area contributed by atoms with Crippen molar-refractivity contribution in [2.75, 3.05) is 13.2 Å². The predicted octanol–water partition coefficient (Wildman–Crippen LogP) is 1.88. The van der Waals surface area contributed by atoms with E-state index in [0.717, 1.165) is 19.4 Å². The molecule has 0 unspecified atom stereocenters. The van der Waals surface area contributed by atoms with E-state index in [2.05, 4.69) is 6.92 Å². The van der Waals surface area contributed by atoms with Crippen LogP contribution in [0, 0.1) is 11.8 Å². The van der Waals surface area contributed by atoms with Crippen LogP contribution in [-0.2, 0) is 9.53 Å². The lowest BCUT2D eigenvalue weighted by atomic mass is 9.91. The minimum atomic E-state index is -0.763. The summed E-state index contributed by atoms with van der Waals surface area (Å²) >= 11 is 0. The maximum Gasteiger partial charge on any atom is 0.303 e. The number of hydrogen-bond donors (Lipinski definition) is 2. The van der Waals surface area contributed by atoms with E-state index in [-0.39, 0.29) is 18.4 Å². The van der Waals surface area contributed by atoms with Crippen LogP contribution >= 0.6 is 0 Å². The predicted molar refractivity (Wildman–Crippen MR) is 64.3 cm³/mol. The number of carboxylic acids is 1. The van der Waals surface area contributed by atoms with Gasteiger partial charge >= 0.3 is 5.97 Å². The number of ether oxygens (including phenoxy) is 1. The Hall–Kier alpha value is -0.610. The van der Waals surface area contributed by atoms with Crippen molar-refractivity contribution in [3.8, 4) is 0 Å². The lowest BCUT2D eigenvalue weighted by Crippen LogP contribution is -2.21. The Balaban J connectivity index is 3.73. The monoisotopic (exact) mass is 231 g/mol. The van der Waals surface area contributed by atoms with Crippen LogP contribution in [0.5, 0.6) is 0 Å². The molecular formula is C12H25NO3. The highest BCUT2D eigenvalue weighted by molar-refractivity contribution is 5.67. The first-order valence-corrected chi connectivity index (χ1v) is 5.99. The average Bonchev–Trinajstić information content (AvgIpc) is 2.15. The standard InChI is InChI=1S/C12H25NO3/c1-9(2)16-5-4-10(3)6-11(8-13)7-12(14)15/h9-11H,4-8,13H2,1-3H3,(H,14,15)/t10-,11+/m1/s1. The number of carbonyl (C=O) groups is 1. The van der Waals surface area contributed by atoms with Gasteiger partial charge in [-0.05, 0) is 45.1 Å². The van der Waals surface area contributed by atoms with Gasteiger partial charge in [0.05, 0.1) is 6.10 Å². The van der Waals surface area contributed by atoms with Crippen molar-refractivity contribution in [3.05, 3.63) is 0 Å². The molecule has 0 fully saturated rings. The minimum absolute atomic E-state index is 0.0894. The Morgan fingerprint density at radius 3 is 2.44 bits per heavy atom. The molecule has 0 aliphatic carbocycles. The molecule has 0 aliphatic heterocycles. The molecule has 0 aliphatic rings. The van der Waals surface area contributed by atoms with Gasteiger partial charge in [0.2, 0.25) is 0 Å². The summed E-state index contributed by atoms with van der Waals surface area (Å²) in [5.41, 5.74) is 5.55. The largest absolute Gasteiger partial charge is 0.481 e. The first-order chi connectivity index (χ1) is 7.45. The van der Waals surface area contributed by atoms with Gasteiger partial charge in [0.15, 0.2) is 0 Å². The van der Waals surface area contributed by atoms with Gasteiger partial charge in [-0.3, -0.25) is 4.79 Å². The molecule has 96 valence electrons. The maximum absolute atomic E-state index is 10.6. The summed E-state index contributed by atoms with van der Waals surface area (Å²) < 4.78 is 5.46. The van der Waals surface area contributed by atoms with E-state index in [9.17, 15) is 4.79 Å². The topological polar surface area (TPSA) is 72.5 Å². The zero-order chi connectivity index (χ0) is 12.6. The van der Waals surface area contributed by atoms with Crippen molar-refractivity contribution in [1.29, 1.82) is 0 Å². The van der Waals surface area contributed by atoms with Crippen LogP contribution in [-0.4, -0.2) is 30.3 Å². The summed E-state index contributed by atoms with van der Waals surface area (Å²) in [6.07, 6.45) is 2.27. The Morgan fingerprint density at radius 1 is 1.38 bits per heavy atom. The van der Waals surface area contributed by atoms with Gasteiger partial charge in [0.25, 0.3) is 0 Å². The highest BCUT2D eigenvalue weighted by atomic mass is 16.5. The lowest BCUT2D eigenvalue weighted by Gasteiger charge is -2.18. The summed E-state index contributed by atoms with van der Waals surface area (Å²) in [4.78, 5) is 10.6. The molecule has 3 N–H and O–H groups in total. The third-order valence-electron chi connectivity index (χ3n) is 2.59. The quantitative estimate of drug-likeness (QED) is 0.635. The van der Waals surface area contributed by atoms with Gasteiger partial charge in [-0.15, -0.1) is 0 Å². The molecule has 0 amide bonds. The third kappa shape index (κ3) is 8.68. The number of aliphatic carboxylic acids is 1. The fourth-order valence-electron chi connectivity index (χ4n) is 1.70. The van der Waals surface area contributed by atoms with Crippen molar-refractivity contribution in [3.63, 3.8) is 0 Å². The van der Waals surface area contributed by atoms with Gasteiger partial charge < -0.3 is 15.6 Å². The zero-order valence-corrected chi connectivity index (χ0v) is 10.6. The van der Waals surface area contributed by atoms with E-state index >= 15 is 0 Å². The molecule has 0 rings (SSSR count). The molecule has 2 atom stereocenters. The Labute approximate surface area is 98.2 Å². The van der Waals surface area contributed by atoms with Crippen LogP contribution in [0.2, 0.25) is 0 Å². The molecular weight excluding hydrogens is 206 g/mol. The number of nitrogens with two attached hydrogens (primary N) is 1. The maximum atomic E-state index is 10.6. The van der Waals surface area contributed by atoms with E-state index in [4.69, 9.17) is 15.6 Å². The fourth-order valence-corrected chi connectivity index (χ4v) is 1.70. The summed E-state index contributed by atoms with van der Waals surface area (Å²) in [6.45, 7) is 7.33. The van der Waals surface area contributed by atoms with Crippen molar-refractivity contribution < 1.29 is 14.6 Å². The third-order valence-corrected chi connectivity index (χ3v) is 2.59. The molecule has 0 aromatic carbocycles. The molecule has 0 radical (unpaired) electrons. The molecule has 0 aromatic rings. The van der Waals surface area contributed by atoms with Crippen molar-refractivity contribution in [1.82, 2.24) is 0 Å². The van der Waals surface area contributed by atoms with Crippen molar-refractivity contribution >= 4 is 5.97 Å². The molecule has 0 bridgehead atoms. The highest BCUT2D eigenvalue weighted by Gasteiger charge is 2.15. The summed E-state index contributed by atoms with van der Waals surface area (Å²) in [5, 5.41) is 8.70. The van der Waals surface area contributed by atoms with Gasteiger partial charge in [-0.2, -0.15) is 0 Å². The first kappa shape index (κ1) is 15.4. The van der Waals surface area contributed by atoms with E-state index in [1.807, 2.05) is 13.8 Å². The Morgan fingerprint density at radius 2 is 2.00 bits per heavy atom.